The SMILES string of the molecule is Cc1c(C(=O)Nc2cccc(C(=O)N3CCCC3)c2)oc2ccc(F)cc12. The zero-order chi connectivity index (χ0) is 19.0. The quantitative estimate of drug-likeness (QED) is 0.749. The molecule has 0 radical (unpaired) electrons. The van der Waals surface area contributed by atoms with Crippen LogP contribution in [-0.2, 0) is 0 Å². The molecule has 138 valence electrons. The number of nitrogens with zero attached hydrogens (tertiary/aromatic N) is 1. The van der Waals surface area contributed by atoms with E-state index in [2.05, 4.69) is 5.32 Å². The number of fused-ring (bicyclic) bond motifs is 1. The predicted molar refractivity (Wildman–Crippen MR) is 100 cm³/mol. The van der Waals surface area contributed by atoms with Gasteiger partial charge in [0.25, 0.3) is 11.8 Å². The van der Waals surface area contributed by atoms with Gasteiger partial charge >= 0.3 is 0 Å². The van der Waals surface area contributed by atoms with Crippen LogP contribution in [-0.4, -0.2) is 29.8 Å². The summed E-state index contributed by atoms with van der Waals surface area (Å²) in [6.45, 7) is 3.25. The third-order valence-corrected chi connectivity index (χ3v) is 4.87. The number of carbonyl (C=O) groups excluding carboxylic acids is 2. The molecular formula is C21H19FN2O3. The van der Waals surface area contributed by atoms with Gasteiger partial charge in [0, 0.05) is 35.3 Å². The van der Waals surface area contributed by atoms with Crippen LogP contribution in [0.25, 0.3) is 11.0 Å². The maximum atomic E-state index is 13.4. The lowest BCUT2D eigenvalue weighted by molar-refractivity contribution is 0.0792. The molecule has 2 aromatic carbocycles. The minimum absolute atomic E-state index is 0.0287. The van der Waals surface area contributed by atoms with Gasteiger partial charge in [-0.15, -0.1) is 0 Å². The second-order valence-electron chi connectivity index (χ2n) is 6.73. The lowest BCUT2D eigenvalue weighted by Crippen LogP contribution is -2.27. The first kappa shape index (κ1) is 17.3. The van der Waals surface area contributed by atoms with Crippen molar-refractivity contribution >= 4 is 28.5 Å². The van der Waals surface area contributed by atoms with Crippen LogP contribution in [0.4, 0.5) is 10.1 Å². The van der Waals surface area contributed by atoms with Crippen molar-refractivity contribution < 1.29 is 18.4 Å². The molecular weight excluding hydrogens is 347 g/mol. The molecule has 3 aromatic rings. The molecule has 0 spiro atoms. The average molecular weight is 366 g/mol. The maximum absolute atomic E-state index is 13.4. The zero-order valence-corrected chi connectivity index (χ0v) is 14.9. The molecule has 0 atom stereocenters. The van der Waals surface area contributed by atoms with Crippen LogP contribution in [0.15, 0.2) is 46.9 Å². The summed E-state index contributed by atoms with van der Waals surface area (Å²) in [4.78, 5) is 27.0. The Morgan fingerprint density at radius 3 is 2.67 bits per heavy atom. The van der Waals surface area contributed by atoms with Crippen LogP contribution < -0.4 is 5.32 Å². The lowest BCUT2D eigenvalue weighted by atomic mass is 10.1. The summed E-state index contributed by atoms with van der Waals surface area (Å²) in [7, 11) is 0. The van der Waals surface area contributed by atoms with E-state index < -0.39 is 5.91 Å². The second-order valence-corrected chi connectivity index (χ2v) is 6.73. The molecule has 1 aliphatic heterocycles. The van der Waals surface area contributed by atoms with Crippen LogP contribution >= 0.6 is 0 Å². The molecule has 1 N–H and O–H groups in total. The molecule has 1 saturated heterocycles. The molecule has 0 bridgehead atoms. The van der Waals surface area contributed by atoms with E-state index in [0.717, 1.165) is 25.9 Å². The van der Waals surface area contributed by atoms with Crippen molar-refractivity contribution in [3.8, 4) is 0 Å². The molecule has 1 fully saturated rings. The highest BCUT2D eigenvalue weighted by atomic mass is 19.1. The van der Waals surface area contributed by atoms with Gasteiger partial charge in [0.1, 0.15) is 11.4 Å². The summed E-state index contributed by atoms with van der Waals surface area (Å²) in [5.74, 6) is -0.716. The summed E-state index contributed by atoms with van der Waals surface area (Å²) in [5, 5.41) is 3.33. The number of rotatable bonds is 3. The lowest BCUT2D eigenvalue weighted by Gasteiger charge is -2.15. The molecule has 1 aromatic heterocycles. The topological polar surface area (TPSA) is 62.6 Å². The molecule has 2 heterocycles. The Hall–Kier alpha value is -3.15. The number of benzene rings is 2. The molecule has 1 aliphatic rings. The Balaban J connectivity index is 1.57. The van der Waals surface area contributed by atoms with Crippen LogP contribution in [0.1, 0.15) is 39.3 Å². The molecule has 2 amide bonds. The standard InChI is InChI=1S/C21H19FN2O3/c1-13-17-12-15(22)7-8-18(17)27-19(13)20(25)23-16-6-4-5-14(11-16)21(26)24-9-2-3-10-24/h4-8,11-12H,2-3,9-10H2,1H3,(H,23,25). The predicted octanol–water partition coefficient (Wildman–Crippen LogP) is 4.37. The van der Waals surface area contributed by atoms with Crippen molar-refractivity contribution in [3.63, 3.8) is 0 Å². The first-order chi connectivity index (χ1) is 13.0. The average Bonchev–Trinajstić information content (AvgIpc) is 3.30. The Kier molecular flexibility index (Phi) is 4.39. The molecule has 4 rings (SSSR count). The van der Waals surface area contributed by atoms with Crippen molar-refractivity contribution in [1.29, 1.82) is 0 Å². The first-order valence-corrected chi connectivity index (χ1v) is 8.92. The number of amides is 2. The van der Waals surface area contributed by atoms with E-state index in [1.54, 1.807) is 31.2 Å². The van der Waals surface area contributed by atoms with Gasteiger partial charge in [0.15, 0.2) is 5.76 Å². The van der Waals surface area contributed by atoms with Crippen LogP contribution in [0.3, 0.4) is 0 Å². The van der Waals surface area contributed by atoms with Gasteiger partial charge in [0.05, 0.1) is 0 Å². The Labute approximate surface area is 155 Å². The fourth-order valence-corrected chi connectivity index (χ4v) is 3.43. The minimum Gasteiger partial charge on any atom is -0.451 e. The van der Waals surface area contributed by atoms with Gasteiger partial charge in [-0.05, 0) is 56.2 Å². The highest BCUT2D eigenvalue weighted by molar-refractivity contribution is 6.07. The monoisotopic (exact) mass is 366 g/mol. The van der Waals surface area contributed by atoms with E-state index in [1.807, 2.05) is 4.90 Å². The Morgan fingerprint density at radius 1 is 1.11 bits per heavy atom. The third kappa shape index (κ3) is 3.30. The van der Waals surface area contributed by atoms with Crippen molar-refractivity contribution in [1.82, 2.24) is 4.90 Å². The Bertz CT molecular complexity index is 1040. The van der Waals surface area contributed by atoms with E-state index in [0.29, 0.717) is 27.8 Å². The minimum atomic E-state index is -0.435. The molecule has 6 heteroatoms. The first-order valence-electron chi connectivity index (χ1n) is 8.92. The van der Waals surface area contributed by atoms with E-state index >= 15 is 0 Å². The van der Waals surface area contributed by atoms with Crippen LogP contribution in [0, 0.1) is 12.7 Å². The maximum Gasteiger partial charge on any atom is 0.291 e. The van der Waals surface area contributed by atoms with Gasteiger partial charge in [-0.2, -0.15) is 0 Å². The van der Waals surface area contributed by atoms with E-state index in [9.17, 15) is 14.0 Å². The third-order valence-electron chi connectivity index (χ3n) is 4.87. The van der Waals surface area contributed by atoms with Gasteiger partial charge in [0.2, 0.25) is 0 Å². The number of halogens is 1. The van der Waals surface area contributed by atoms with Crippen molar-refractivity contribution in [3.05, 3.63) is 65.2 Å². The van der Waals surface area contributed by atoms with Crippen LogP contribution in [0.5, 0.6) is 0 Å². The second kappa shape index (κ2) is 6.87. The van der Waals surface area contributed by atoms with Crippen molar-refractivity contribution in [2.45, 2.75) is 19.8 Å². The summed E-state index contributed by atoms with van der Waals surface area (Å²) in [5.41, 5.74) is 2.08. The van der Waals surface area contributed by atoms with E-state index in [-0.39, 0.29) is 17.5 Å². The largest absolute Gasteiger partial charge is 0.451 e. The molecule has 5 nitrogen and oxygen atoms in total. The number of hydrogen-bond donors (Lipinski definition) is 1. The fraction of sp³-hybridized carbons (Fsp3) is 0.238. The molecule has 0 saturated carbocycles. The number of anilines is 1. The zero-order valence-electron chi connectivity index (χ0n) is 14.9. The molecule has 27 heavy (non-hydrogen) atoms. The summed E-state index contributed by atoms with van der Waals surface area (Å²) in [6, 6.07) is 11.0. The van der Waals surface area contributed by atoms with Gasteiger partial charge in [-0.1, -0.05) is 6.07 Å². The molecule has 0 aliphatic carbocycles. The fourth-order valence-electron chi connectivity index (χ4n) is 3.43. The van der Waals surface area contributed by atoms with Crippen LogP contribution in [0.2, 0.25) is 0 Å². The summed E-state index contributed by atoms with van der Waals surface area (Å²) in [6.07, 6.45) is 2.04. The highest BCUT2D eigenvalue weighted by Gasteiger charge is 2.21. The Morgan fingerprint density at radius 2 is 1.89 bits per heavy atom. The number of likely N-dealkylation sites (tertiary alicyclic amines) is 1. The van der Waals surface area contributed by atoms with Crippen molar-refractivity contribution in [2.75, 3.05) is 18.4 Å². The van der Waals surface area contributed by atoms with Gasteiger partial charge in [-0.3, -0.25) is 9.59 Å². The smallest absolute Gasteiger partial charge is 0.291 e. The summed E-state index contributed by atoms with van der Waals surface area (Å²) >= 11 is 0. The van der Waals surface area contributed by atoms with Crippen molar-refractivity contribution in [2.24, 2.45) is 0 Å². The summed E-state index contributed by atoms with van der Waals surface area (Å²) < 4.78 is 19.0. The van der Waals surface area contributed by atoms with E-state index in [1.165, 1.54) is 18.2 Å². The van der Waals surface area contributed by atoms with Gasteiger partial charge in [-0.25, -0.2) is 4.39 Å². The number of aryl methyl sites for hydroxylation is 1. The number of furan rings is 1. The number of nitrogens with one attached hydrogen (secondary N) is 1. The highest BCUT2D eigenvalue weighted by Crippen LogP contribution is 2.27. The number of carbonyl (C=O) groups is 2. The number of hydrogen-bond acceptors (Lipinski definition) is 3. The van der Waals surface area contributed by atoms with E-state index in [4.69, 9.17) is 4.42 Å². The van der Waals surface area contributed by atoms with Gasteiger partial charge < -0.3 is 14.6 Å². The molecule has 0 unspecified atom stereocenters. The normalized spacial score (nSPS) is 13.9.